The summed E-state index contributed by atoms with van der Waals surface area (Å²) in [7, 11) is 0. The van der Waals surface area contributed by atoms with Gasteiger partial charge in [-0.2, -0.15) is 0 Å². The summed E-state index contributed by atoms with van der Waals surface area (Å²) in [6.45, 7) is 7.53. The second-order valence-corrected chi connectivity index (χ2v) is 7.63. The van der Waals surface area contributed by atoms with E-state index in [9.17, 15) is 4.79 Å². The van der Waals surface area contributed by atoms with Crippen LogP contribution in [0.15, 0.2) is 46.9 Å². The van der Waals surface area contributed by atoms with Crippen LogP contribution in [0.1, 0.15) is 26.3 Å². The van der Waals surface area contributed by atoms with Gasteiger partial charge in [0, 0.05) is 16.7 Å². The number of amides is 1. The van der Waals surface area contributed by atoms with Crippen LogP contribution in [-0.2, 0) is 4.79 Å². The summed E-state index contributed by atoms with van der Waals surface area (Å²) in [5.74, 6) is 0.430. The zero-order valence-corrected chi connectivity index (χ0v) is 16.0. The highest BCUT2D eigenvalue weighted by Gasteiger charge is 2.22. The first-order chi connectivity index (χ1) is 12.2. The number of oxazole rings is 1. The molecule has 0 saturated heterocycles. The number of hydrogen-bond donors (Lipinski definition) is 2. The van der Waals surface area contributed by atoms with E-state index in [-0.39, 0.29) is 11.0 Å². The zero-order chi connectivity index (χ0) is 18.9. The number of nitrogens with zero attached hydrogens (tertiary/aromatic N) is 1. The maximum atomic E-state index is 12.0. The largest absolute Gasteiger partial charge is 0.436 e. The summed E-state index contributed by atoms with van der Waals surface area (Å²) in [6, 6.07) is 13.5. The van der Waals surface area contributed by atoms with Crippen LogP contribution in [0.2, 0.25) is 0 Å². The molecule has 0 aliphatic rings. The van der Waals surface area contributed by atoms with Gasteiger partial charge in [0.05, 0.1) is 0 Å². The van der Waals surface area contributed by atoms with Gasteiger partial charge in [0.25, 0.3) is 0 Å². The van der Waals surface area contributed by atoms with Crippen LogP contribution in [0.4, 0.5) is 5.69 Å². The average molecular weight is 367 g/mol. The molecule has 3 rings (SSSR count). The second kappa shape index (κ2) is 6.88. The molecular weight excluding hydrogens is 346 g/mol. The summed E-state index contributed by atoms with van der Waals surface area (Å²) in [4.78, 5) is 16.5. The van der Waals surface area contributed by atoms with E-state index in [0.717, 1.165) is 16.8 Å². The van der Waals surface area contributed by atoms with Crippen molar-refractivity contribution in [3.8, 4) is 11.5 Å². The number of nitrogens with one attached hydrogen (secondary N) is 2. The molecule has 5 nitrogen and oxygen atoms in total. The van der Waals surface area contributed by atoms with E-state index in [2.05, 4.69) is 15.6 Å². The highest BCUT2D eigenvalue weighted by atomic mass is 32.1. The Balaban J connectivity index is 1.78. The third-order valence-corrected chi connectivity index (χ3v) is 4.06. The molecule has 0 aliphatic carbocycles. The van der Waals surface area contributed by atoms with Gasteiger partial charge >= 0.3 is 0 Å². The second-order valence-electron chi connectivity index (χ2n) is 7.23. The highest BCUT2D eigenvalue weighted by molar-refractivity contribution is 7.80. The van der Waals surface area contributed by atoms with E-state index in [0.29, 0.717) is 11.5 Å². The summed E-state index contributed by atoms with van der Waals surface area (Å²) >= 11 is 5.21. The predicted octanol–water partition coefficient (Wildman–Crippen LogP) is 4.66. The number of thiocarbonyl (C=S) groups is 1. The first-order valence-corrected chi connectivity index (χ1v) is 8.73. The Hall–Kier alpha value is -2.73. The Bertz CT molecular complexity index is 969. The fourth-order valence-corrected chi connectivity index (χ4v) is 2.49. The number of rotatable bonds is 2. The molecule has 2 aromatic carbocycles. The number of aromatic nitrogens is 1. The summed E-state index contributed by atoms with van der Waals surface area (Å²) in [5.41, 5.74) is 3.74. The van der Waals surface area contributed by atoms with Crippen molar-refractivity contribution in [2.24, 2.45) is 5.41 Å². The summed E-state index contributed by atoms with van der Waals surface area (Å²) in [6.07, 6.45) is 0. The van der Waals surface area contributed by atoms with Crippen LogP contribution < -0.4 is 10.6 Å². The number of hydrogen-bond acceptors (Lipinski definition) is 4. The Morgan fingerprint density at radius 1 is 1.12 bits per heavy atom. The van der Waals surface area contributed by atoms with Crippen molar-refractivity contribution in [3.63, 3.8) is 0 Å². The minimum Gasteiger partial charge on any atom is -0.436 e. The smallest absolute Gasteiger partial charge is 0.231 e. The van der Waals surface area contributed by atoms with E-state index in [1.54, 1.807) is 0 Å². The fourth-order valence-electron chi connectivity index (χ4n) is 2.28. The van der Waals surface area contributed by atoms with Gasteiger partial charge in [-0.25, -0.2) is 4.98 Å². The molecular formula is C20H21N3O2S. The number of anilines is 1. The Morgan fingerprint density at radius 2 is 1.81 bits per heavy atom. The van der Waals surface area contributed by atoms with Gasteiger partial charge in [-0.3, -0.25) is 4.79 Å². The molecule has 0 bridgehead atoms. The molecule has 0 fully saturated rings. The van der Waals surface area contributed by atoms with Crippen LogP contribution >= 0.6 is 12.2 Å². The average Bonchev–Trinajstić information content (AvgIpc) is 2.97. The third kappa shape index (κ3) is 4.08. The molecule has 134 valence electrons. The topological polar surface area (TPSA) is 67.2 Å². The third-order valence-electron chi connectivity index (χ3n) is 3.85. The van der Waals surface area contributed by atoms with E-state index < -0.39 is 5.41 Å². The van der Waals surface area contributed by atoms with Gasteiger partial charge in [-0.05, 0) is 49.5 Å². The molecule has 3 aromatic rings. The molecule has 0 unspecified atom stereocenters. The Labute approximate surface area is 157 Å². The van der Waals surface area contributed by atoms with Crippen LogP contribution in [0.25, 0.3) is 22.6 Å². The van der Waals surface area contributed by atoms with Crippen molar-refractivity contribution < 1.29 is 9.21 Å². The molecule has 1 amide bonds. The lowest BCUT2D eigenvalue weighted by Gasteiger charge is -2.18. The molecule has 2 N–H and O–H groups in total. The van der Waals surface area contributed by atoms with Crippen molar-refractivity contribution in [1.29, 1.82) is 0 Å². The minimum atomic E-state index is -0.509. The molecule has 26 heavy (non-hydrogen) atoms. The van der Waals surface area contributed by atoms with Crippen LogP contribution in [0.3, 0.4) is 0 Å². The van der Waals surface area contributed by atoms with Gasteiger partial charge in [-0.1, -0.05) is 38.5 Å². The van der Waals surface area contributed by atoms with Crippen molar-refractivity contribution in [3.05, 3.63) is 48.0 Å². The molecule has 1 aromatic heterocycles. The normalized spacial score (nSPS) is 11.4. The molecule has 0 radical (unpaired) electrons. The lowest BCUT2D eigenvalue weighted by molar-refractivity contribution is -0.126. The van der Waals surface area contributed by atoms with Crippen LogP contribution in [0, 0.1) is 12.3 Å². The Morgan fingerprint density at radius 3 is 2.46 bits per heavy atom. The van der Waals surface area contributed by atoms with Crippen LogP contribution in [0.5, 0.6) is 0 Å². The number of carbonyl (C=O) groups excluding carboxylic acids is 1. The highest BCUT2D eigenvalue weighted by Crippen LogP contribution is 2.26. The van der Waals surface area contributed by atoms with E-state index in [1.807, 2.05) is 70.2 Å². The molecule has 0 saturated carbocycles. The monoisotopic (exact) mass is 367 g/mol. The molecule has 6 heteroatoms. The lowest BCUT2D eigenvalue weighted by atomic mass is 9.96. The standard InChI is InChI=1S/C20H21N3O2S/c1-12-5-7-13(8-6-12)17-22-15-11-14(9-10-16(15)25-17)21-19(26)23-18(24)20(2,3)4/h5-11H,1-4H3,(H2,21,23,24,26). The summed E-state index contributed by atoms with van der Waals surface area (Å²) < 4.78 is 5.82. The molecule has 0 spiro atoms. The maximum absolute atomic E-state index is 12.0. The minimum absolute atomic E-state index is 0.140. The molecule has 0 atom stereocenters. The lowest BCUT2D eigenvalue weighted by Crippen LogP contribution is -2.41. The van der Waals surface area contributed by atoms with Gasteiger partial charge in [0.2, 0.25) is 11.8 Å². The maximum Gasteiger partial charge on any atom is 0.231 e. The van der Waals surface area contributed by atoms with Gasteiger partial charge in [0.15, 0.2) is 10.7 Å². The number of fused-ring (bicyclic) bond motifs is 1. The first-order valence-electron chi connectivity index (χ1n) is 8.32. The van der Waals surface area contributed by atoms with Crippen molar-refractivity contribution in [1.82, 2.24) is 10.3 Å². The zero-order valence-electron chi connectivity index (χ0n) is 15.2. The quantitative estimate of drug-likeness (QED) is 0.645. The number of benzene rings is 2. The van der Waals surface area contributed by atoms with Crippen LogP contribution in [-0.4, -0.2) is 16.0 Å². The predicted molar refractivity (Wildman–Crippen MR) is 108 cm³/mol. The first kappa shape index (κ1) is 18.1. The fraction of sp³-hybridized carbons (Fsp3) is 0.250. The number of aryl methyl sites for hydroxylation is 1. The van der Waals surface area contributed by atoms with Gasteiger partial charge in [-0.15, -0.1) is 0 Å². The van der Waals surface area contributed by atoms with Gasteiger partial charge in [0.1, 0.15) is 5.52 Å². The van der Waals surface area contributed by atoms with E-state index >= 15 is 0 Å². The van der Waals surface area contributed by atoms with Crippen molar-refractivity contribution in [2.75, 3.05) is 5.32 Å². The summed E-state index contributed by atoms with van der Waals surface area (Å²) in [5, 5.41) is 5.96. The van der Waals surface area contributed by atoms with Crippen molar-refractivity contribution in [2.45, 2.75) is 27.7 Å². The SMILES string of the molecule is Cc1ccc(-c2nc3cc(NC(=S)NC(=O)C(C)(C)C)ccc3o2)cc1. The molecule has 0 aliphatic heterocycles. The van der Waals surface area contributed by atoms with Gasteiger partial charge < -0.3 is 15.1 Å². The van der Waals surface area contributed by atoms with Crippen molar-refractivity contribution >= 4 is 40.0 Å². The molecule has 1 heterocycles. The number of carbonyl (C=O) groups is 1. The Kier molecular flexibility index (Phi) is 4.78. The van der Waals surface area contributed by atoms with E-state index in [4.69, 9.17) is 16.6 Å². The van der Waals surface area contributed by atoms with E-state index in [1.165, 1.54) is 5.56 Å².